The van der Waals surface area contributed by atoms with Gasteiger partial charge in [0.25, 0.3) is 0 Å². The molecule has 0 radical (unpaired) electrons. The molecule has 0 saturated carbocycles. The number of fused-ring (bicyclic) bond motifs is 1. The van der Waals surface area contributed by atoms with Crippen molar-refractivity contribution >= 4 is 5.78 Å². The van der Waals surface area contributed by atoms with Crippen molar-refractivity contribution in [2.75, 3.05) is 0 Å². The average molecular weight is 302 g/mol. The minimum atomic E-state index is -1.06. The maximum Gasteiger partial charge on any atom is 0.170 e. The highest BCUT2D eigenvalue weighted by molar-refractivity contribution is 6.00. The van der Waals surface area contributed by atoms with Crippen molar-refractivity contribution in [3.05, 3.63) is 59.1 Å². The lowest BCUT2D eigenvalue weighted by molar-refractivity contribution is -0.120. The zero-order valence-electron chi connectivity index (χ0n) is 11.4. The summed E-state index contributed by atoms with van der Waals surface area (Å²) >= 11 is 0. The monoisotopic (exact) mass is 302 g/mol. The van der Waals surface area contributed by atoms with Crippen molar-refractivity contribution in [3.63, 3.8) is 0 Å². The minimum absolute atomic E-state index is 0.0286. The molecule has 2 aliphatic rings. The van der Waals surface area contributed by atoms with Gasteiger partial charge in [0, 0.05) is 6.08 Å². The van der Waals surface area contributed by atoms with E-state index < -0.39 is 12.2 Å². The van der Waals surface area contributed by atoms with E-state index in [-0.39, 0.29) is 40.8 Å². The first kappa shape index (κ1) is 14.2. The number of benzene rings is 1. The molecule has 6 heteroatoms. The molecule has 0 bridgehead atoms. The normalized spacial score (nSPS) is 24.4. The Kier molecular flexibility index (Phi) is 3.38. The first-order valence-electron chi connectivity index (χ1n) is 6.68. The van der Waals surface area contributed by atoms with Gasteiger partial charge in [0.2, 0.25) is 0 Å². The smallest absolute Gasteiger partial charge is 0.170 e. The Hall–Kier alpha value is -2.73. The van der Waals surface area contributed by atoms with Crippen molar-refractivity contribution < 1.29 is 30.0 Å². The first-order valence-corrected chi connectivity index (χ1v) is 6.68. The molecule has 1 aromatic carbocycles. The summed E-state index contributed by atoms with van der Waals surface area (Å²) in [5, 5.41) is 38.2. The molecule has 2 atom stereocenters. The van der Waals surface area contributed by atoms with E-state index >= 15 is 0 Å². The fraction of sp³-hybridized carbons (Fsp3) is 0.188. The molecule has 1 aromatic rings. The van der Waals surface area contributed by atoms with E-state index in [2.05, 4.69) is 0 Å². The van der Waals surface area contributed by atoms with Gasteiger partial charge in [0.15, 0.2) is 17.3 Å². The molecule has 4 N–H and O–H groups in total. The summed E-state index contributed by atoms with van der Waals surface area (Å²) < 4.78 is 5.71. The lowest BCUT2D eigenvalue weighted by Crippen LogP contribution is -2.22. The zero-order valence-corrected chi connectivity index (χ0v) is 11.4. The number of carbonyl (C=O) groups excluding carboxylic acids is 1. The maximum absolute atomic E-state index is 12.3. The number of phenolic OH excluding ortho intramolecular Hbond substituents is 2. The Morgan fingerprint density at radius 1 is 1.09 bits per heavy atom. The molecule has 1 aliphatic heterocycles. The summed E-state index contributed by atoms with van der Waals surface area (Å²) in [5.74, 6) is -0.834. The maximum atomic E-state index is 12.3. The Morgan fingerprint density at radius 2 is 1.86 bits per heavy atom. The van der Waals surface area contributed by atoms with E-state index in [0.29, 0.717) is 5.56 Å². The van der Waals surface area contributed by atoms with Gasteiger partial charge in [-0.15, -0.1) is 0 Å². The molecule has 1 fully saturated rings. The highest BCUT2D eigenvalue weighted by Gasteiger charge is 2.32. The summed E-state index contributed by atoms with van der Waals surface area (Å²) in [6, 6.07) is 4.18. The van der Waals surface area contributed by atoms with Gasteiger partial charge in [-0.25, -0.2) is 0 Å². The first-order chi connectivity index (χ1) is 10.4. The van der Waals surface area contributed by atoms with Crippen LogP contribution in [0.2, 0.25) is 0 Å². The van der Waals surface area contributed by atoms with Crippen molar-refractivity contribution in [3.8, 4) is 11.5 Å². The number of phenols is 2. The van der Waals surface area contributed by atoms with Crippen LogP contribution in [0.15, 0.2) is 53.5 Å². The van der Waals surface area contributed by atoms with Crippen LogP contribution < -0.4 is 0 Å². The standard InChI is InChI=1S/C16H14O6/c17-9-4-10(18)6-16-11(5-9)13(20)7-15(22-16)8-1-2-12(19)14(21)3-8/h1-6,9,15,17-19,21H,7H2/t9?,15-/m0/s1. The van der Waals surface area contributed by atoms with Crippen LogP contribution in [-0.4, -0.2) is 32.3 Å². The van der Waals surface area contributed by atoms with E-state index in [1.807, 2.05) is 0 Å². The van der Waals surface area contributed by atoms with Crippen LogP contribution in [0.5, 0.6) is 11.5 Å². The van der Waals surface area contributed by atoms with E-state index in [0.717, 1.165) is 0 Å². The summed E-state index contributed by atoms with van der Waals surface area (Å²) in [7, 11) is 0. The van der Waals surface area contributed by atoms with Crippen molar-refractivity contribution in [2.24, 2.45) is 0 Å². The second kappa shape index (κ2) is 5.23. The van der Waals surface area contributed by atoms with Gasteiger partial charge in [0.1, 0.15) is 17.6 Å². The second-order valence-electron chi connectivity index (χ2n) is 5.15. The topological polar surface area (TPSA) is 107 Å². The summed E-state index contributed by atoms with van der Waals surface area (Å²) in [6.07, 6.45) is 2.10. The van der Waals surface area contributed by atoms with Crippen molar-refractivity contribution in [2.45, 2.75) is 18.6 Å². The SMILES string of the molecule is O=C1C[C@@H](c2ccc(O)c(O)c2)OC2=CC(O)=CC(O)C=C12. The number of ether oxygens (including phenoxy) is 1. The zero-order chi connectivity index (χ0) is 15.9. The number of aliphatic hydroxyl groups is 2. The molecule has 114 valence electrons. The van der Waals surface area contributed by atoms with Crippen LogP contribution in [0.4, 0.5) is 0 Å². The number of carbonyl (C=O) groups is 1. The van der Waals surface area contributed by atoms with Gasteiger partial charge in [-0.2, -0.15) is 0 Å². The number of hydrogen-bond donors (Lipinski definition) is 4. The molecule has 1 aliphatic carbocycles. The summed E-state index contributed by atoms with van der Waals surface area (Å²) in [6.45, 7) is 0. The van der Waals surface area contributed by atoms with Crippen LogP contribution in [0.3, 0.4) is 0 Å². The second-order valence-corrected chi connectivity index (χ2v) is 5.15. The number of allylic oxidation sites excluding steroid dienone is 2. The lowest BCUT2D eigenvalue weighted by Gasteiger charge is -2.27. The van der Waals surface area contributed by atoms with Crippen LogP contribution in [0.1, 0.15) is 18.1 Å². The van der Waals surface area contributed by atoms with Gasteiger partial charge in [-0.05, 0) is 29.8 Å². The highest BCUT2D eigenvalue weighted by Crippen LogP contribution is 2.38. The molecule has 1 unspecified atom stereocenters. The number of ketones is 1. The third kappa shape index (κ3) is 2.56. The molecule has 22 heavy (non-hydrogen) atoms. The molecule has 3 rings (SSSR count). The Balaban J connectivity index is 1.96. The molecule has 0 aromatic heterocycles. The Morgan fingerprint density at radius 3 is 2.59 bits per heavy atom. The van der Waals surface area contributed by atoms with Crippen LogP contribution in [0.25, 0.3) is 0 Å². The molecule has 0 amide bonds. The van der Waals surface area contributed by atoms with Crippen LogP contribution >= 0.6 is 0 Å². The quantitative estimate of drug-likeness (QED) is 0.589. The Bertz CT molecular complexity index is 728. The number of Topliss-reactive ketones (excluding diaryl/α,β-unsaturated/α-hetero) is 1. The third-order valence-corrected chi connectivity index (χ3v) is 3.54. The fourth-order valence-electron chi connectivity index (χ4n) is 2.46. The summed E-state index contributed by atoms with van der Waals surface area (Å²) in [4.78, 5) is 12.3. The van der Waals surface area contributed by atoms with Gasteiger partial charge < -0.3 is 25.2 Å². The average Bonchev–Trinajstić information content (AvgIpc) is 2.59. The molecule has 1 saturated heterocycles. The molecule has 1 heterocycles. The predicted molar refractivity (Wildman–Crippen MR) is 76.1 cm³/mol. The predicted octanol–water partition coefficient (Wildman–Crippen LogP) is 1.75. The van der Waals surface area contributed by atoms with Crippen LogP contribution in [0, 0.1) is 0 Å². The number of rotatable bonds is 1. The highest BCUT2D eigenvalue weighted by atomic mass is 16.5. The fourth-order valence-corrected chi connectivity index (χ4v) is 2.46. The molecular weight excluding hydrogens is 288 g/mol. The van der Waals surface area contributed by atoms with Crippen molar-refractivity contribution in [1.29, 1.82) is 0 Å². The van der Waals surface area contributed by atoms with E-state index in [1.165, 1.54) is 30.4 Å². The molecule has 0 spiro atoms. The number of aromatic hydroxyl groups is 2. The van der Waals surface area contributed by atoms with E-state index in [4.69, 9.17) is 4.74 Å². The molecule has 6 nitrogen and oxygen atoms in total. The van der Waals surface area contributed by atoms with Gasteiger partial charge in [-0.1, -0.05) is 6.07 Å². The summed E-state index contributed by atoms with van der Waals surface area (Å²) in [5.41, 5.74) is 0.740. The third-order valence-electron chi connectivity index (χ3n) is 3.54. The Labute approximate surface area is 125 Å². The van der Waals surface area contributed by atoms with E-state index in [1.54, 1.807) is 6.07 Å². The minimum Gasteiger partial charge on any atom is -0.508 e. The van der Waals surface area contributed by atoms with Gasteiger partial charge >= 0.3 is 0 Å². The molecular formula is C16H14O6. The van der Waals surface area contributed by atoms with E-state index in [9.17, 15) is 25.2 Å². The van der Waals surface area contributed by atoms with Gasteiger partial charge in [-0.3, -0.25) is 4.79 Å². The van der Waals surface area contributed by atoms with Gasteiger partial charge in [0.05, 0.1) is 18.1 Å². The number of aliphatic hydroxyl groups excluding tert-OH is 2. The van der Waals surface area contributed by atoms with Crippen LogP contribution in [-0.2, 0) is 9.53 Å². The largest absolute Gasteiger partial charge is 0.508 e. The lowest BCUT2D eigenvalue weighted by atomic mass is 9.94. The number of hydrogen-bond acceptors (Lipinski definition) is 6. The van der Waals surface area contributed by atoms with Crippen molar-refractivity contribution in [1.82, 2.24) is 0 Å².